The normalized spacial score (nSPS) is 19.2. The third kappa shape index (κ3) is 2.73. The topological polar surface area (TPSA) is 80.9 Å². The Morgan fingerprint density at radius 3 is 2.50 bits per heavy atom. The average Bonchev–Trinajstić information content (AvgIpc) is 3.30. The van der Waals surface area contributed by atoms with Gasteiger partial charge in [0.2, 0.25) is 5.43 Å². The van der Waals surface area contributed by atoms with Gasteiger partial charge in [0.1, 0.15) is 21.9 Å². The van der Waals surface area contributed by atoms with E-state index in [1.54, 1.807) is 0 Å². The summed E-state index contributed by atoms with van der Waals surface area (Å²) in [7, 11) is 0. The molecule has 1 aliphatic rings. The number of hydrogen-bond acceptors (Lipinski definition) is 4. The number of fused-ring (bicyclic) bond motifs is 2. The van der Waals surface area contributed by atoms with E-state index in [1.807, 2.05) is 0 Å². The molecule has 0 saturated heterocycles. The minimum Gasteiger partial charge on any atom is -0.328 e. The maximum Gasteiger partial charge on any atom is 0.271 e. The minimum absolute atomic E-state index is 0.104. The largest absolute Gasteiger partial charge is 0.328 e. The van der Waals surface area contributed by atoms with Crippen LogP contribution in [0.25, 0.3) is 26.8 Å². The predicted octanol–water partition coefficient (Wildman–Crippen LogP) is 3.91. The smallest absolute Gasteiger partial charge is 0.271 e. The summed E-state index contributed by atoms with van der Waals surface area (Å²) >= 11 is 0.871. The Bertz CT molecular complexity index is 1420. The van der Waals surface area contributed by atoms with Gasteiger partial charge in [0.25, 0.3) is 5.56 Å². The van der Waals surface area contributed by atoms with Crippen molar-refractivity contribution in [3.8, 4) is 5.69 Å². The fourth-order valence-electron chi connectivity index (χ4n) is 4.39. The van der Waals surface area contributed by atoms with E-state index in [2.05, 4.69) is 4.37 Å². The number of benzene rings is 2. The molecule has 30 heavy (non-hydrogen) atoms. The standard InChI is InChI=1S/C21H16F3N3O2S/c22-10-2-5-12(6-3-10)27-18-13(19(28)16-20(29)26-30-21(16)27)8-14(23)15(17(18)24)9-1-4-11(25)7-9/h2-3,5-6,8-9,11H,1,4,7,25H2,(H,26,29). The number of hydrogen-bond donors (Lipinski definition) is 2. The van der Waals surface area contributed by atoms with Crippen LogP contribution in [0.4, 0.5) is 13.2 Å². The number of aromatic nitrogens is 2. The van der Waals surface area contributed by atoms with Crippen LogP contribution in [0.1, 0.15) is 30.7 Å². The van der Waals surface area contributed by atoms with Crippen molar-refractivity contribution in [2.45, 2.75) is 31.2 Å². The van der Waals surface area contributed by atoms with Gasteiger partial charge in [-0.15, -0.1) is 0 Å². The van der Waals surface area contributed by atoms with E-state index in [0.717, 1.165) is 17.6 Å². The second-order valence-corrected chi connectivity index (χ2v) is 8.40. The lowest BCUT2D eigenvalue weighted by Crippen LogP contribution is -2.18. The molecule has 1 saturated carbocycles. The van der Waals surface area contributed by atoms with Crippen molar-refractivity contribution in [2.24, 2.45) is 5.73 Å². The van der Waals surface area contributed by atoms with Crippen molar-refractivity contribution in [1.82, 2.24) is 8.94 Å². The zero-order chi connectivity index (χ0) is 21.2. The van der Waals surface area contributed by atoms with E-state index in [0.29, 0.717) is 24.9 Å². The summed E-state index contributed by atoms with van der Waals surface area (Å²) in [4.78, 5) is 25.4. The Hall–Kier alpha value is -2.91. The van der Waals surface area contributed by atoms with Crippen LogP contribution < -0.4 is 16.7 Å². The molecule has 2 heterocycles. The SMILES string of the molecule is NC1CCC(c2c(F)cc3c(=O)c4c(=O)[nH]sc4n(-c4ccc(F)cc4)c3c2F)C1. The van der Waals surface area contributed by atoms with E-state index in [9.17, 15) is 18.4 Å². The van der Waals surface area contributed by atoms with Crippen LogP contribution in [0.3, 0.4) is 0 Å². The van der Waals surface area contributed by atoms with Gasteiger partial charge in [0, 0.05) is 17.3 Å². The van der Waals surface area contributed by atoms with Gasteiger partial charge < -0.3 is 5.73 Å². The first kappa shape index (κ1) is 19.1. The van der Waals surface area contributed by atoms with E-state index >= 15 is 4.39 Å². The molecule has 2 atom stereocenters. The van der Waals surface area contributed by atoms with Crippen molar-refractivity contribution in [1.29, 1.82) is 0 Å². The predicted molar refractivity (Wildman–Crippen MR) is 110 cm³/mol. The molecule has 5 nitrogen and oxygen atoms in total. The molecule has 0 bridgehead atoms. The van der Waals surface area contributed by atoms with Crippen molar-refractivity contribution in [3.63, 3.8) is 0 Å². The van der Waals surface area contributed by atoms with E-state index in [-0.39, 0.29) is 32.7 Å². The number of nitrogens with zero attached hydrogens (tertiary/aromatic N) is 1. The Morgan fingerprint density at radius 1 is 1.10 bits per heavy atom. The fraction of sp³-hybridized carbons (Fsp3) is 0.238. The zero-order valence-corrected chi connectivity index (χ0v) is 16.4. The summed E-state index contributed by atoms with van der Waals surface area (Å²) in [6.07, 6.45) is 1.64. The molecule has 0 amide bonds. The number of nitrogens with two attached hydrogens (primary N) is 1. The first-order valence-corrected chi connectivity index (χ1v) is 10.3. The highest BCUT2D eigenvalue weighted by Gasteiger charge is 2.31. The van der Waals surface area contributed by atoms with Gasteiger partial charge in [-0.05, 0) is 67.0 Å². The van der Waals surface area contributed by atoms with Crippen LogP contribution in [0, 0.1) is 17.5 Å². The highest BCUT2D eigenvalue weighted by atomic mass is 32.1. The fourth-order valence-corrected chi connectivity index (χ4v) is 5.26. The summed E-state index contributed by atoms with van der Waals surface area (Å²) in [5.41, 5.74) is 4.67. The highest BCUT2D eigenvalue weighted by Crippen LogP contribution is 2.39. The summed E-state index contributed by atoms with van der Waals surface area (Å²) in [6, 6.07) is 6.07. The number of aromatic amines is 1. The molecule has 2 aromatic carbocycles. The molecule has 2 unspecified atom stereocenters. The Kier molecular flexibility index (Phi) is 4.33. The molecule has 4 aromatic rings. The van der Waals surface area contributed by atoms with Gasteiger partial charge in [0.05, 0.1) is 10.9 Å². The quantitative estimate of drug-likeness (QED) is 0.505. The monoisotopic (exact) mass is 431 g/mol. The maximum atomic E-state index is 15.9. The molecule has 5 rings (SSSR count). The Morgan fingerprint density at radius 2 is 1.83 bits per heavy atom. The summed E-state index contributed by atoms with van der Waals surface area (Å²) < 4.78 is 48.2. The summed E-state index contributed by atoms with van der Waals surface area (Å²) in [5, 5.41) is -0.428. The number of pyridine rings is 1. The maximum absolute atomic E-state index is 15.9. The second-order valence-electron chi connectivity index (χ2n) is 7.61. The van der Waals surface area contributed by atoms with Crippen LogP contribution >= 0.6 is 11.5 Å². The van der Waals surface area contributed by atoms with E-state index in [4.69, 9.17) is 5.73 Å². The Balaban J connectivity index is 1.96. The molecular formula is C21H16F3N3O2S. The lowest BCUT2D eigenvalue weighted by Gasteiger charge is -2.18. The van der Waals surface area contributed by atoms with Gasteiger partial charge in [0.15, 0.2) is 5.82 Å². The van der Waals surface area contributed by atoms with Crippen molar-refractivity contribution in [3.05, 3.63) is 73.9 Å². The molecular weight excluding hydrogens is 415 g/mol. The molecule has 0 spiro atoms. The van der Waals surface area contributed by atoms with Crippen LogP contribution in [0.2, 0.25) is 0 Å². The third-order valence-electron chi connectivity index (χ3n) is 5.77. The molecule has 2 aromatic heterocycles. The molecule has 1 fully saturated rings. The highest BCUT2D eigenvalue weighted by molar-refractivity contribution is 7.12. The van der Waals surface area contributed by atoms with Gasteiger partial charge >= 0.3 is 0 Å². The Labute approximate surface area is 171 Å². The van der Waals surface area contributed by atoms with Crippen LogP contribution in [-0.2, 0) is 0 Å². The molecule has 1 aliphatic carbocycles. The van der Waals surface area contributed by atoms with Crippen molar-refractivity contribution in [2.75, 3.05) is 0 Å². The van der Waals surface area contributed by atoms with Crippen LogP contribution in [0.5, 0.6) is 0 Å². The summed E-state index contributed by atoms with van der Waals surface area (Å²) in [5.74, 6) is -2.57. The number of rotatable bonds is 2. The lowest BCUT2D eigenvalue weighted by molar-refractivity contribution is 0.527. The van der Waals surface area contributed by atoms with Gasteiger partial charge in [-0.1, -0.05) is 0 Å². The number of H-pyrrole nitrogens is 1. The first-order chi connectivity index (χ1) is 14.4. The molecule has 0 aliphatic heterocycles. The van der Waals surface area contributed by atoms with Crippen molar-refractivity contribution < 1.29 is 13.2 Å². The lowest BCUT2D eigenvalue weighted by atomic mass is 9.94. The zero-order valence-electron chi connectivity index (χ0n) is 15.5. The molecule has 0 radical (unpaired) electrons. The van der Waals surface area contributed by atoms with E-state index in [1.165, 1.54) is 28.8 Å². The first-order valence-electron chi connectivity index (χ1n) is 9.46. The molecule has 9 heteroatoms. The van der Waals surface area contributed by atoms with Crippen molar-refractivity contribution >= 4 is 32.7 Å². The average molecular weight is 431 g/mol. The summed E-state index contributed by atoms with van der Waals surface area (Å²) in [6.45, 7) is 0. The van der Waals surface area contributed by atoms with E-state index < -0.39 is 34.4 Å². The number of nitrogens with one attached hydrogen (secondary N) is 1. The van der Waals surface area contributed by atoms with Gasteiger partial charge in [-0.3, -0.25) is 18.5 Å². The van der Waals surface area contributed by atoms with Crippen LogP contribution in [0.15, 0.2) is 39.9 Å². The molecule has 154 valence electrons. The van der Waals surface area contributed by atoms with Gasteiger partial charge in [-0.2, -0.15) is 0 Å². The van der Waals surface area contributed by atoms with Crippen LogP contribution in [-0.4, -0.2) is 15.0 Å². The second kappa shape index (κ2) is 6.82. The van der Waals surface area contributed by atoms with Gasteiger partial charge in [-0.25, -0.2) is 13.2 Å². The number of halogens is 3. The molecule has 3 N–H and O–H groups in total. The minimum atomic E-state index is -0.853. The third-order valence-corrected chi connectivity index (χ3v) is 6.64.